The summed E-state index contributed by atoms with van der Waals surface area (Å²) < 4.78 is 0. The van der Waals surface area contributed by atoms with Crippen molar-refractivity contribution in [2.75, 3.05) is 33.7 Å². The third-order valence-electron chi connectivity index (χ3n) is 5.21. The van der Waals surface area contributed by atoms with Gasteiger partial charge in [0, 0.05) is 23.1 Å². The van der Waals surface area contributed by atoms with E-state index in [4.69, 9.17) is 17.3 Å². The van der Waals surface area contributed by atoms with E-state index in [2.05, 4.69) is 43.0 Å². The summed E-state index contributed by atoms with van der Waals surface area (Å²) in [6.07, 6.45) is 3.47. The van der Waals surface area contributed by atoms with E-state index in [0.29, 0.717) is 6.54 Å². The molecule has 1 aliphatic heterocycles. The molecule has 4 heteroatoms. The first-order valence-electron chi connectivity index (χ1n) is 7.86. The van der Waals surface area contributed by atoms with E-state index in [1.54, 1.807) is 0 Å². The van der Waals surface area contributed by atoms with Crippen molar-refractivity contribution >= 4 is 11.6 Å². The van der Waals surface area contributed by atoms with Crippen molar-refractivity contribution in [2.24, 2.45) is 5.73 Å². The van der Waals surface area contributed by atoms with Gasteiger partial charge in [0.15, 0.2) is 0 Å². The van der Waals surface area contributed by atoms with E-state index in [1.807, 2.05) is 12.1 Å². The summed E-state index contributed by atoms with van der Waals surface area (Å²) in [5.74, 6) is 0. The second-order valence-electron chi connectivity index (χ2n) is 6.39. The predicted octanol–water partition coefficient (Wildman–Crippen LogP) is 3.15. The maximum atomic E-state index is 6.38. The van der Waals surface area contributed by atoms with E-state index in [-0.39, 0.29) is 11.6 Å². The summed E-state index contributed by atoms with van der Waals surface area (Å²) in [5.41, 5.74) is 7.47. The fourth-order valence-corrected chi connectivity index (χ4v) is 3.74. The Balaban J connectivity index is 2.23. The number of benzene rings is 1. The lowest BCUT2D eigenvalue weighted by molar-refractivity contribution is 0.0699. The van der Waals surface area contributed by atoms with Gasteiger partial charge in [-0.05, 0) is 65.0 Å². The van der Waals surface area contributed by atoms with Crippen LogP contribution in [0.2, 0.25) is 5.02 Å². The van der Waals surface area contributed by atoms with Crippen LogP contribution < -0.4 is 5.73 Å². The summed E-state index contributed by atoms with van der Waals surface area (Å²) >= 11 is 6.38. The lowest BCUT2D eigenvalue weighted by atomic mass is 9.86. The summed E-state index contributed by atoms with van der Waals surface area (Å²) in [5, 5.41) is 0.842. The molecule has 1 aliphatic rings. The third kappa shape index (κ3) is 3.59. The second kappa shape index (κ2) is 7.10. The van der Waals surface area contributed by atoms with E-state index in [1.165, 1.54) is 12.0 Å². The highest BCUT2D eigenvalue weighted by atomic mass is 35.5. The number of likely N-dealkylation sites (tertiary alicyclic amines) is 1. The summed E-state index contributed by atoms with van der Waals surface area (Å²) in [4.78, 5) is 4.86. The van der Waals surface area contributed by atoms with E-state index >= 15 is 0 Å². The Bertz CT molecular complexity index is 465. The molecular weight excluding hydrogens is 282 g/mol. The molecule has 2 unspecified atom stereocenters. The van der Waals surface area contributed by atoms with Gasteiger partial charge < -0.3 is 10.6 Å². The molecule has 0 aliphatic carbocycles. The smallest absolute Gasteiger partial charge is 0.0453 e. The Morgan fingerprint density at radius 3 is 2.71 bits per heavy atom. The maximum Gasteiger partial charge on any atom is 0.0453 e. The maximum absolute atomic E-state index is 6.38. The van der Waals surface area contributed by atoms with Crippen molar-refractivity contribution in [1.29, 1.82) is 0 Å². The van der Waals surface area contributed by atoms with Gasteiger partial charge >= 0.3 is 0 Å². The molecule has 21 heavy (non-hydrogen) atoms. The van der Waals surface area contributed by atoms with Crippen LogP contribution in [0.1, 0.15) is 37.8 Å². The Hall–Kier alpha value is -0.610. The van der Waals surface area contributed by atoms with Crippen molar-refractivity contribution in [2.45, 2.75) is 37.8 Å². The topological polar surface area (TPSA) is 32.5 Å². The minimum absolute atomic E-state index is 0.0728. The number of nitrogens with two attached hydrogens (primary N) is 1. The van der Waals surface area contributed by atoms with Crippen LogP contribution in [0.25, 0.3) is 0 Å². The molecule has 118 valence electrons. The first-order valence-corrected chi connectivity index (χ1v) is 8.24. The van der Waals surface area contributed by atoms with Crippen LogP contribution >= 0.6 is 11.6 Å². The van der Waals surface area contributed by atoms with Gasteiger partial charge in [0.1, 0.15) is 0 Å². The summed E-state index contributed by atoms with van der Waals surface area (Å²) in [6.45, 7) is 5.20. The van der Waals surface area contributed by atoms with E-state index < -0.39 is 0 Å². The molecule has 3 nitrogen and oxygen atoms in total. The highest BCUT2D eigenvalue weighted by Gasteiger charge is 2.37. The Morgan fingerprint density at radius 2 is 2.05 bits per heavy atom. The van der Waals surface area contributed by atoms with Gasteiger partial charge in [-0.2, -0.15) is 0 Å². The zero-order valence-corrected chi connectivity index (χ0v) is 14.2. The molecule has 0 radical (unpaired) electrons. The quantitative estimate of drug-likeness (QED) is 0.927. The second-order valence-corrected chi connectivity index (χ2v) is 6.80. The zero-order valence-electron chi connectivity index (χ0n) is 13.5. The largest absolute Gasteiger partial charge is 0.329 e. The molecule has 1 heterocycles. The van der Waals surface area contributed by atoms with Crippen LogP contribution in [-0.4, -0.2) is 49.1 Å². The van der Waals surface area contributed by atoms with Gasteiger partial charge in [0.2, 0.25) is 0 Å². The van der Waals surface area contributed by atoms with Gasteiger partial charge in [-0.3, -0.25) is 4.90 Å². The molecule has 1 saturated heterocycles. The minimum atomic E-state index is 0.0728. The van der Waals surface area contributed by atoms with Crippen molar-refractivity contribution in [3.8, 4) is 0 Å². The SMILES string of the molecule is CC(c1ccccc1Cl)N(C)C1(CN)CCCN(C)CC1. The van der Waals surface area contributed by atoms with Crippen LogP contribution in [0.4, 0.5) is 0 Å². The van der Waals surface area contributed by atoms with Crippen molar-refractivity contribution < 1.29 is 0 Å². The summed E-state index contributed by atoms with van der Waals surface area (Å²) in [6, 6.07) is 8.40. The highest BCUT2D eigenvalue weighted by Crippen LogP contribution is 2.35. The Labute approximate surface area is 134 Å². The summed E-state index contributed by atoms with van der Waals surface area (Å²) in [7, 11) is 4.40. The highest BCUT2D eigenvalue weighted by molar-refractivity contribution is 6.31. The number of likely N-dealkylation sites (N-methyl/N-ethyl adjacent to an activating group) is 1. The fourth-order valence-electron chi connectivity index (χ4n) is 3.45. The Morgan fingerprint density at radius 1 is 1.33 bits per heavy atom. The number of hydrogen-bond donors (Lipinski definition) is 1. The molecular formula is C17H28ClN3. The monoisotopic (exact) mass is 309 g/mol. The van der Waals surface area contributed by atoms with Crippen LogP contribution in [0.15, 0.2) is 24.3 Å². The molecule has 0 bridgehead atoms. The molecule has 0 amide bonds. The van der Waals surface area contributed by atoms with Gasteiger partial charge in [-0.15, -0.1) is 0 Å². The molecule has 0 saturated carbocycles. The molecule has 1 fully saturated rings. The Kier molecular flexibility index (Phi) is 5.67. The molecule has 2 atom stereocenters. The number of hydrogen-bond acceptors (Lipinski definition) is 3. The molecule has 1 aromatic carbocycles. The lowest BCUT2D eigenvalue weighted by Gasteiger charge is -2.44. The normalized spacial score (nSPS) is 25.8. The first kappa shape index (κ1) is 16.8. The minimum Gasteiger partial charge on any atom is -0.329 e. The number of nitrogens with zero attached hydrogens (tertiary/aromatic N) is 2. The average molecular weight is 310 g/mol. The molecule has 2 N–H and O–H groups in total. The van der Waals surface area contributed by atoms with E-state index in [9.17, 15) is 0 Å². The fraction of sp³-hybridized carbons (Fsp3) is 0.647. The van der Waals surface area contributed by atoms with Crippen molar-refractivity contribution in [1.82, 2.24) is 9.80 Å². The lowest BCUT2D eigenvalue weighted by Crippen LogP contribution is -2.53. The first-order chi connectivity index (χ1) is 10.00. The van der Waals surface area contributed by atoms with Gasteiger partial charge in [0.05, 0.1) is 0 Å². The van der Waals surface area contributed by atoms with Gasteiger partial charge in [-0.1, -0.05) is 29.8 Å². The van der Waals surface area contributed by atoms with E-state index in [0.717, 1.165) is 31.0 Å². The van der Waals surface area contributed by atoms with Crippen LogP contribution in [0.3, 0.4) is 0 Å². The number of rotatable bonds is 4. The van der Waals surface area contributed by atoms with Gasteiger partial charge in [-0.25, -0.2) is 0 Å². The van der Waals surface area contributed by atoms with Crippen LogP contribution in [0, 0.1) is 0 Å². The molecule has 0 aromatic heterocycles. The molecule has 1 aromatic rings. The average Bonchev–Trinajstić information content (AvgIpc) is 2.69. The standard InChI is InChI=1S/C17H28ClN3/c1-14(15-7-4-5-8-16(15)18)21(3)17(13-19)9-6-11-20(2)12-10-17/h4-5,7-8,14H,6,9-13,19H2,1-3H3. The van der Waals surface area contributed by atoms with Crippen LogP contribution in [-0.2, 0) is 0 Å². The van der Waals surface area contributed by atoms with Gasteiger partial charge in [0.25, 0.3) is 0 Å². The predicted molar refractivity (Wildman–Crippen MR) is 90.8 cm³/mol. The van der Waals surface area contributed by atoms with Crippen LogP contribution in [0.5, 0.6) is 0 Å². The zero-order chi connectivity index (χ0) is 15.5. The third-order valence-corrected chi connectivity index (χ3v) is 5.55. The molecule has 0 spiro atoms. The number of halogens is 1. The van der Waals surface area contributed by atoms with Crippen molar-refractivity contribution in [3.63, 3.8) is 0 Å². The molecule has 2 rings (SSSR count). The van der Waals surface area contributed by atoms with Crippen molar-refractivity contribution in [3.05, 3.63) is 34.9 Å².